The molecule has 0 bridgehead atoms. The smallest absolute Gasteiger partial charge is 0.330 e. The lowest BCUT2D eigenvalue weighted by Gasteiger charge is -2.21. The van der Waals surface area contributed by atoms with E-state index in [1.54, 1.807) is 13.2 Å². The van der Waals surface area contributed by atoms with E-state index < -0.39 is 8.32 Å². The summed E-state index contributed by atoms with van der Waals surface area (Å²) in [6, 6.07) is 5.61. The third-order valence-electron chi connectivity index (χ3n) is 2.96. The molecule has 1 rings (SSSR count). The van der Waals surface area contributed by atoms with Gasteiger partial charge in [0, 0.05) is 6.08 Å². The average Bonchev–Trinajstić information content (AvgIpc) is 2.43. The number of esters is 1. The molecule has 0 fully saturated rings. The fourth-order valence-corrected chi connectivity index (χ4v) is 2.63. The fourth-order valence-electron chi connectivity index (χ4n) is 1.81. The predicted octanol–water partition coefficient (Wildman–Crippen LogP) is 4.51. The molecule has 0 aliphatic heterocycles. The van der Waals surface area contributed by atoms with Crippen molar-refractivity contribution >= 4 is 20.4 Å². The molecule has 0 radical (unpaired) electrons. The van der Waals surface area contributed by atoms with Crippen molar-refractivity contribution in [1.82, 2.24) is 0 Å². The second-order valence-corrected chi connectivity index (χ2v) is 11.2. The molecule has 0 amide bonds. The number of hydrogen-bond donors (Lipinski definition) is 0. The van der Waals surface area contributed by atoms with Crippen molar-refractivity contribution < 1.29 is 18.7 Å². The molecule has 1 aromatic carbocycles. The molecule has 0 aromatic heterocycles. The van der Waals surface area contributed by atoms with Crippen LogP contribution in [0, 0.1) is 5.92 Å². The second kappa shape index (κ2) is 8.77. The first-order chi connectivity index (χ1) is 10.7. The Hall–Kier alpha value is -1.75. The maximum Gasteiger partial charge on any atom is 0.330 e. The Morgan fingerprint density at radius 1 is 1.22 bits per heavy atom. The molecule has 23 heavy (non-hydrogen) atoms. The van der Waals surface area contributed by atoms with Gasteiger partial charge in [0.15, 0.2) is 5.75 Å². The van der Waals surface area contributed by atoms with E-state index in [9.17, 15) is 4.79 Å². The van der Waals surface area contributed by atoms with Gasteiger partial charge in [0.1, 0.15) is 5.75 Å². The van der Waals surface area contributed by atoms with E-state index in [4.69, 9.17) is 13.9 Å². The molecular weight excluding hydrogens is 308 g/mol. The third-order valence-corrected chi connectivity index (χ3v) is 3.79. The summed E-state index contributed by atoms with van der Waals surface area (Å²) >= 11 is 0. The van der Waals surface area contributed by atoms with Crippen molar-refractivity contribution in [3.63, 3.8) is 0 Å². The molecule has 0 spiro atoms. The van der Waals surface area contributed by atoms with Crippen molar-refractivity contribution in [2.24, 2.45) is 5.92 Å². The van der Waals surface area contributed by atoms with Crippen molar-refractivity contribution in [3.8, 4) is 11.5 Å². The van der Waals surface area contributed by atoms with Crippen LogP contribution < -0.4 is 9.16 Å². The van der Waals surface area contributed by atoms with Crippen molar-refractivity contribution in [1.29, 1.82) is 0 Å². The highest BCUT2D eigenvalue weighted by molar-refractivity contribution is 6.70. The van der Waals surface area contributed by atoms with Crippen LogP contribution in [0.15, 0.2) is 24.3 Å². The van der Waals surface area contributed by atoms with Crippen molar-refractivity contribution in [2.45, 2.75) is 39.9 Å². The van der Waals surface area contributed by atoms with Crippen molar-refractivity contribution in [3.05, 3.63) is 29.8 Å². The molecule has 1 aromatic rings. The molecular formula is C18H28O4Si. The summed E-state index contributed by atoms with van der Waals surface area (Å²) in [6.45, 7) is 11.0. The first kappa shape index (κ1) is 19.3. The molecule has 0 aliphatic rings. The first-order valence-electron chi connectivity index (χ1n) is 7.93. The molecule has 4 nitrogen and oxygen atoms in total. The predicted molar refractivity (Wildman–Crippen MR) is 96.4 cm³/mol. The van der Waals surface area contributed by atoms with E-state index in [2.05, 4.69) is 33.5 Å². The molecule has 0 unspecified atom stereocenters. The van der Waals surface area contributed by atoms with Gasteiger partial charge in [0.05, 0.1) is 13.7 Å². The minimum absolute atomic E-state index is 0.325. The fraction of sp³-hybridized carbons (Fsp3) is 0.500. The average molecular weight is 337 g/mol. The van der Waals surface area contributed by atoms with E-state index in [1.165, 1.54) is 6.08 Å². The minimum atomic E-state index is -1.74. The molecule has 0 saturated carbocycles. The Labute approximate surface area is 140 Å². The summed E-state index contributed by atoms with van der Waals surface area (Å²) in [4.78, 5) is 11.7. The van der Waals surface area contributed by atoms with Crippen LogP contribution >= 0.6 is 0 Å². The highest BCUT2D eigenvalue weighted by Crippen LogP contribution is 2.30. The lowest BCUT2D eigenvalue weighted by Crippen LogP contribution is -2.29. The van der Waals surface area contributed by atoms with E-state index in [0.717, 1.165) is 12.0 Å². The zero-order valence-electron chi connectivity index (χ0n) is 15.0. The van der Waals surface area contributed by atoms with E-state index in [1.807, 2.05) is 18.2 Å². The normalized spacial score (nSPS) is 11.8. The van der Waals surface area contributed by atoms with Crippen LogP contribution in [-0.2, 0) is 9.53 Å². The molecule has 0 atom stereocenters. The third kappa shape index (κ3) is 7.88. The second-order valence-electron chi connectivity index (χ2n) is 6.81. The Morgan fingerprint density at radius 3 is 2.48 bits per heavy atom. The summed E-state index contributed by atoms with van der Waals surface area (Å²) in [7, 11) is -0.118. The van der Waals surface area contributed by atoms with E-state index in [-0.39, 0.29) is 5.97 Å². The van der Waals surface area contributed by atoms with Crippen molar-refractivity contribution in [2.75, 3.05) is 13.7 Å². The van der Waals surface area contributed by atoms with Crippen LogP contribution in [0.4, 0.5) is 0 Å². The van der Waals surface area contributed by atoms with Crippen LogP contribution in [0.25, 0.3) is 6.08 Å². The van der Waals surface area contributed by atoms with Crippen LogP contribution in [0.1, 0.15) is 25.8 Å². The summed E-state index contributed by atoms with van der Waals surface area (Å²) in [5, 5.41) is 0. The topological polar surface area (TPSA) is 44.8 Å². The summed E-state index contributed by atoms with van der Waals surface area (Å²) in [5.41, 5.74) is 0.875. The maximum atomic E-state index is 11.7. The summed E-state index contributed by atoms with van der Waals surface area (Å²) in [6.07, 6.45) is 4.05. The molecule has 0 heterocycles. The lowest BCUT2D eigenvalue weighted by atomic mass is 10.1. The largest absolute Gasteiger partial charge is 0.542 e. The van der Waals surface area contributed by atoms with Gasteiger partial charge in [-0.1, -0.05) is 19.9 Å². The Morgan fingerprint density at radius 2 is 1.91 bits per heavy atom. The molecule has 0 aliphatic carbocycles. The number of hydrogen-bond acceptors (Lipinski definition) is 4. The minimum Gasteiger partial charge on any atom is -0.542 e. The highest BCUT2D eigenvalue weighted by Gasteiger charge is 2.18. The monoisotopic (exact) mass is 336 g/mol. The van der Waals surface area contributed by atoms with Crippen LogP contribution in [0.5, 0.6) is 11.5 Å². The van der Waals surface area contributed by atoms with Gasteiger partial charge in [-0.05, 0) is 55.8 Å². The maximum absolute atomic E-state index is 11.7. The summed E-state index contributed by atoms with van der Waals surface area (Å²) in [5.74, 6) is 1.61. The number of benzene rings is 1. The Bertz CT molecular complexity index is 544. The lowest BCUT2D eigenvalue weighted by molar-refractivity contribution is -0.137. The molecule has 5 heteroatoms. The van der Waals surface area contributed by atoms with Gasteiger partial charge in [-0.2, -0.15) is 0 Å². The molecule has 0 N–H and O–H groups in total. The Kier molecular flexibility index (Phi) is 7.36. The number of carbonyl (C=O) groups excluding carboxylic acids is 1. The van der Waals surface area contributed by atoms with Gasteiger partial charge < -0.3 is 13.9 Å². The van der Waals surface area contributed by atoms with Crippen LogP contribution in [-0.4, -0.2) is 28.0 Å². The van der Waals surface area contributed by atoms with Gasteiger partial charge >= 0.3 is 5.97 Å². The SMILES string of the molecule is COc1ccc(/C=C/C(=O)OCCC(C)C)cc1O[Si](C)(C)C. The number of rotatable bonds is 8. The highest BCUT2D eigenvalue weighted by atomic mass is 28.4. The number of carbonyl (C=O) groups is 1. The van der Waals surface area contributed by atoms with Gasteiger partial charge in [-0.15, -0.1) is 0 Å². The zero-order chi connectivity index (χ0) is 17.5. The van der Waals surface area contributed by atoms with Gasteiger partial charge in [-0.3, -0.25) is 0 Å². The standard InChI is InChI=1S/C18H28O4Si/c1-14(2)11-12-21-18(19)10-8-15-7-9-16(20-3)17(13-15)22-23(4,5)6/h7-10,13-14H,11-12H2,1-6H3/b10-8+. The molecule has 128 valence electrons. The number of ether oxygens (including phenoxy) is 2. The van der Waals surface area contributed by atoms with Gasteiger partial charge in [-0.25, -0.2) is 4.79 Å². The van der Waals surface area contributed by atoms with Gasteiger partial charge in [0.25, 0.3) is 0 Å². The van der Waals surface area contributed by atoms with Gasteiger partial charge in [0.2, 0.25) is 8.32 Å². The van der Waals surface area contributed by atoms with E-state index in [0.29, 0.717) is 24.0 Å². The Balaban J connectivity index is 2.75. The summed E-state index contributed by atoms with van der Waals surface area (Å²) < 4.78 is 16.5. The number of methoxy groups -OCH3 is 1. The molecule has 0 saturated heterocycles. The quantitative estimate of drug-likeness (QED) is 0.398. The zero-order valence-corrected chi connectivity index (χ0v) is 16.0. The van der Waals surface area contributed by atoms with E-state index >= 15 is 0 Å². The van der Waals surface area contributed by atoms with Crippen LogP contribution in [0.3, 0.4) is 0 Å². The van der Waals surface area contributed by atoms with Crippen LogP contribution in [0.2, 0.25) is 19.6 Å². The first-order valence-corrected chi connectivity index (χ1v) is 11.3.